The number of hydrogen-bond acceptors (Lipinski definition) is 3. The Hall–Kier alpha value is -0.410. The van der Waals surface area contributed by atoms with Crippen molar-refractivity contribution < 1.29 is 0 Å². The van der Waals surface area contributed by atoms with Crippen LogP contribution in [0.4, 0.5) is 0 Å². The molecule has 1 aromatic heterocycles. The van der Waals surface area contributed by atoms with E-state index in [1.807, 2.05) is 6.92 Å². The van der Waals surface area contributed by atoms with Gasteiger partial charge in [0.05, 0.1) is 10.7 Å². The fourth-order valence-electron chi connectivity index (χ4n) is 1.31. The number of thiazole rings is 1. The minimum Gasteiger partial charge on any atom is -0.323 e. The molecule has 0 aliphatic rings. The van der Waals surface area contributed by atoms with Crippen molar-refractivity contribution in [3.8, 4) is 0 Å². The molecule has 0 fully saturated rings. The predicted molar refractivity (Wildman–Crippen MR) is 57.9 cm³/mol. The summed E-state index contributed by atoms with van der Waals surface area (Å²) in [5, 5.41) is 3.16. The first-order chi connectivity index (χ1) is 5.88. The Labute approximate surface area is 84.2 Å². The molecule has 2 nitrogen and oxygen atoms in total. The van der Waals surface area contributed by atoms with Gasteiger partial charge in [0.2, 0.25) is 0 Å². The molecule has 0 saturated carbocycles. The Kier molecular flexibility index (Phi) is 3.09. The van der Waals surface area contributed by atoms with E-state index in [0.717, 1.165) is 17.1 Å². The molecule has 0 aliphatic heterocycles. The van der Waals surface area contributed by atoms with E-state index in [-0.39, 0.29) is 11.5 Å². The molecule has 2 N–H and O–H groups in total. The Morgan fingerprint density at radius 1 is 1.54 bits per heavy atom. The normalized spacial score (nSPS) is 14.5. The van der Waals surface area contributed by atoms with Gasteiger partial charge in [-0.1, -0.05) is 20.8 Å². The van der Waals surface area contributed by atoms with Gasteiger partial charge in [-0.2, -0.15) is 0 Å². The van der Waals surface area contributed by atoms with Crippen LogP contribution < -0.4 is 5.73 Å². The molecule has 1 aromatic rings. The lowest BCUT2D eigenvalue weighted by Gasteiger charge is -2.21. The zero-order valence-electron chi connectivity index (χ0n) is 8.79. The average molecular weight is 198 g/mol. The van der Waals surface area contributed by atoms with Crippen LogP contribution in [0.2, 0.25) is 0 Å². The molecule has 13 heavy (non-hydrogen) atoms. The lowest BCUT2D eigenvalue weighted by atomic mass is 9.87. The summed E-state index contributed by atoms with van der Waals surface area (Å²) >= 11 is 1.67. The summed E-state index contributed by atoms with van der Waals surface area (Å²) in [6.07, 6.45) is 0.982. The monoisotopic (exact) mass is 198 g/mol. The van der Waals surface area contributed by atoms with Gasteiger partial charge in [-0.15, -0.1) is 11.3 Å². The van der Waals surface area contributed by atoms with Crippen LogP contribution in [0.15, 0.2) is 5.38 Å². The first kappa shape index (κ1) is 10.7. The van der Waals surface area contributed by atoms with Crippen LogP contribution in [0.3, 0.4) is 0 Å². The van der Waals surface area contributed by atoms with Crippen molar-refractivity contribution in [3.05, 3.63) is 16.1 Å². The van der Waals surface area contributed by atoms with E-state index in [2.05, 4.69) is 31.1 Å². The highest BCUT2D eigenvalue weighted by atomic mass is 32.1. The smallest absolute Gasteiger partial charge is 0.0898 e. The van der Waals surface area contributed by atoms with Crippen molar-refractivity contribution >= 4 is 11.3 Å². The highest BCUT2D eigenvalue weighted by Crippen LogP contribution is 2.27. The molecule has 74 valence electrons. The second kappa shape index (κ2) is 3.76. The summed E-state index contributed by atoms with van der Waals surface area (Å²) in [5.74, 6) is 0. The summed E-state index contributed by atoms with van der Waals surface area (Å²) < 4.78 is 0. The minimum atomic E-state index is 0.0879. The number of nitrogens with zero attached hydrogens (tertiary/aromatic N) is 1. The van der Waals surface area contributed by atoms with Crippen molar-refractivity contribution in [1.82, 2.24) is 4.98 Å². The zero-order valence-corrected chi connectivity index (χ0v) is 9.61. The van der Waals surface area contributed by atoms with Gasteiger partial charge in [-0.3, -0.25) is 0 Å². The zero-order chi connectivity index (χ0) is 10.1. The third-order valence-electron chi connectivity index (χ3n) is 1.85. The Morgan fingerprint density at radius 2 is 2.15 bits per heavy atom. The highest BCUT2D eigenvalue weighted by molar-refractivity contribution is 7.09. The number of aromatic nitrogens is 1. The van der Waals surface area contributed by atoms with Crippen LogP contribution in [-0.2, 0) is 0 Å². The van der Waals surface area contributed by atoms with Crippen molar-refractivity contribution in [2.45, 2.75) is 40.2 Å². The molecular formula is C10H18N2S. The molecule has 0 amide bonds. The van der Waals surface area contributed by atoms with Gasteiger partial charge < -0.3 is 5.73 Å². The average Bonchev–Trinajstić information content (AvgIpc) is 2.31. The minimum absolute atomic E-state index is 0.0879. The Balaban J connectivity index is 2.64. The second-order valence-corrected chi connectivity index (χ2v) is 5.72. The molecule has 0 bridgehead atoms. The van der Waals surface area contributed by atoms with Gasteiger partial charge in [-0.05, 0) is 18.8 Å². The largest absolute Gasteiger partial charge is 0.323 e. The van der Waals surface area contributed by atoms with Gasteiger partial charge in [-0.25, -0.2) is 4.98 Å². The molecule has 0 saturated heterocycles. The molecule has 0 aliphatic carbocycles. The number of rotatable bonds is 2. The summed E-state index contributed by atoms with van der Waals surface area (Å²) in [4.78, 5) is 4.39. The lowest BCUT2D eigenvalue weighted by Crippen LogP contribution is -2.18. The van der Waals surface area contributed by atoms with E-state index in [1.54, 1.807) is 11.3 Å². The Bertz CT molecular complexity index is 273. The van der Waals surface area contributed by atoms with Gasteiger partial charge >= 0.3 is 0 Å². The third-order valence-corrected chi connectivity index (χ3v) is 2.64. The van der Waals surface area contributed by atoms with Gasteiger partial charge in [0.25, 0.3) is 0 Å². The number of nitrogens with two attached hydrogens (primary N) is 1. The SMILES string of the molecule is Cc1nc(C(N)CC(C)(C)C)cs1. The van der Waals surface area contributed by atoms with E-state index in [4.69, 9.17) is 5.73 Å². The van der Waals surface area contributed by atoms with Crippen LogP contribution in [0.5, 0.6) is 0 Å². The second-order valence-electron chi connectivity index (χ2n) is 4.66. The van der Waals surface area contributed by atoms with Crippen molar-refractivity contribution in [2.24, 2.45) is 11.1 Å². The van der Waals surface area contributed by atoms with Gasteiger partial charge in [0, 0.05) is 11.4 Å². The summed E-state index contributed by atoms with van der Waals surface area (Å²) in [5.41, 5.74) is 7.35. The van der Waals surface area contributed by atoms with Gasteiger partial charge in [0.15, 0.2) is 0 Å². The lowest BCUT2D eigenvalue weighted by molar-refractivity contribution is 0.340. The van der Waals surface area contributed by atoms with Crippen molar-refractivity contribution in [1.29, 1.82) is 0 Å². The molecule has 0 radical (unpaired) electrons. The number of hydrogen-bond donors (Lipinski definition) is 1. The van der Waals surface area contributed by atoms with Crippen LogP contribution in [0.25, 0.3) is 0 Å². The first-order valence-electron chi connectivity index (χ1n) is 4.56. The van der Waals surface area contributed by atoms with Gasteiger partial charge in [0.1, 0.15) is 0 Å². The molecule has 1 rings (SSSR count). The van der Waals surface area contributed by atoms with E-state index in [1.165, 1.54) is 0 Å². The first-order valence-corrected chi connectivity index (χ1v) is 5.44. The van der Waals surface area contributed by atoms with Crippen molar-refractivity contribution in [2.75, 3.05) is 0 Å². The van der Waals surface area contributed by atoms with Crippen molar-refractivity contribution in [3.63, 3.8) is 0 Å². The standard InChI is InChI=1S/C10H18N2S/c1-7-12-9(6-13-7)8(11)5-10(2,3)4/h6,8H,5,11H2,1-4H3. The Morgan fingerprint density at radius 3 is 2.54 bits per heavy atom. The topological polar surface area (TPSA) is 38.9 Å². The quantitative estimate of drug-likeness (QED) is 0.793. The molecule has 0 aromatic carbocycles. The van der Waals surface area contributed by atoms with E-state index in [9.17, 15) is 0 Å². The number of aryl methyl sites for hydroxylation is 1. The summed E-state index contributed by atoms with van der Waals surface area (Å²) in [7, 11) is 0. The maximum absolute atomic E-state index is 6.04. The van der Waals surface area contributed by atoms with E-state index in [0.29, 0.717) is 0 Å². The molecule has 1 unspecified atom stereocenters. The molecule has 1 atom stereocenters. The summed E-state index contributed by atoms with van der Waals surface area (Å²) in [6, 6.07) is 0.0879. The molecule has 1 heterocycles. The van der Waals surface area contributed by atoms with Crippen LogP contribution >= 0.6 is 11.3 Å². The molecular weight excluding hydrogens is 180 g/mol. The molecule has 3 heteroatoms. The van der Waals surface area contributed by atoms with Crippen LogP contribution in [0, 0.1) is 12.3 Å². The predicted octanol–water partition coefficient (Wildman–Crippen LogP) is 2.89. The fraction of sp³-hybridized carbons (Fsp3) is 0.700. The highest BCUT2D eigenvalue weighted by Gasteiger charge is 2.18. The summed E-state index contributed by atoms with van der Waals surface area (Å²) in [6.45, 7) is 8.61. The van der Waals surface area contributed by atoms with E-state index < -0.39 is 0 Å². The van der Waals surface area contributed by atoms with Crippen LogP contribution in [-0.4, -0.2) is 4.98 Å². The third kappa shape index (κ3) is 3.44. The van der Waals surface area contributed by atoms with Crippen LogP contribution in [0.1, 0.15) is 43.9 Å². The maximum Gasteiger partial charge on any atom is 0.0898 e. The fourth-order valence-corrected chi connectivity index (χ4v) is 1.99. The molecule has 0 spiro atoms. The van der Waals surface area contributed by atoms with E-state index >= 15 is 0 Å². The maximum atomic E-state index is 6.04.